The topological polar surface area (TPSA) is 40.6 Å². The number of amides is 2. The maximum Gasteiger partial charge on any atom is 0.265 e. The number of para-hydroxylation sites is 1. The summed E-state index contributed by atoms with van der Waals surface area (Å²) in [5, 5.41) is 1.66. The first-order valence-electron chi connectivity index (χ1n) is 12.6. The van der Waals surface area contributed by atoms with E-state index in [2.05, 4.69) is 55.1 Å². The normalized spacial score (nSPS) is 12.9. The van der Waals surface area contributed by atoms with Crippen LogP contribution in [0.5, 0.6) is 0 Å². The highest BCUT2D eigenvalue weighted by Crippen LogP contribution is 2.41. The largest absolute Gasteiger partial charge is 0.372 e. The van der Waals surface area contributed by atoms with Gasteiger partial charge in [-0.25, -0.2) is 4.90 Å². The SMILES string of the molecule is CCN(CC)c1ccc(-c2ccc(-c3ccc4c5c(cccc35)C(=O)N(c3ccccc3)C4=O)s2)cc1. The van der Waals surface area contributed by atoms with Gasteiger partial charge in [0.25, 0.3) is 11.8 Å². The van der Waals surface area contributed by atoms with E-state index in [9.17, 15) is 9.59 Å². The van der Waals surface area contributed by atoms with Gasteiger partial charge in [-0.1, -0.05) is 48.5 Å². The molecular weight excluding hydrogens is 476 g/mol. The molecule has 37 heavy (non-hydrogen) atoms. The van der Waals surface area contributed by atoms with Crippen molar-refractivity contribution in [3.8, 4) is 20.9 Å². The maximum atomic E-state index is 13.5. The van der Waals surface area contributed by atoms with Crippen molar-refractivity contribution in [1.29, 1.82) is 0 Å². The van der Waals surface area contributed by atoms with Gasteiger partial charge in [-0.3, -0.25) is 9.59 Å². The molecule has 5 aromatic rings. The monoisotopic (exact) mass is 502 g/mol. The van der Waals surface area contributed by atoms with Crippen molar-refractivity contribution < 1.29 is 9.59 Å². The zero-order valence-corrected chi connectivity index (χ0v) is 21.6. The molecule has 0 fully saturated rings. The molecule has 1 aromatic heterocycles. The van der Waals surface area contributed by atoms with Gasteiger partial charge in [0.05, 0.1) is 5.69 Å². The van der Waals surface area contributed by atoms with Crippen LogP contribution in [0.3, 0.4) is 0 Å². The van der Waals surface area contributed by atoms with Crippen molar-refractivity contribution in [2.75, 3.05) is 22.9 Å². The first-order chi connectivity index (χ1) is 18.1. The van der Waals surface area contributed by atoms with Crippen LogP contribution in [0, 0.1) is 0 Å². The molecule has 0 bridgehead atoms. The molecule has 0 atom stereocenters. The summed E-state index contributed by atoms with van der Waals surface area (Å²) in [5.74, 6) is -0.571. The first-order valence-corrected chi connectivity index (χ1v) is 13.4. The van der Waals surface area contributed by atoms with E-state index in [1.807, 2.05) is 48.5 Å². The molecule has 182 valence electrons. The molecule has 0 radical (unpaired) electrons. The van der Waals surface area contributed by atoms with Crippen molar-refractivity contribution in [1.82, 2.24) is 0 Å². The molecule has 4 aromatic carbocycles. The Balaban J connectivity index is 1.40. The van der Waals surface area contributed by atoms with Crippen LogP contribution in [0.2, 0.25) is 0 Å². The van der Waals surface area contributed by atoms with Gasteiger partial charge in [0, 0.05) is 45.0 Å². The summed E-state index contributed by atoms with van der Waals surface area (Å²) in [4.78, 5) is 32.9. The van der Waals surface area contributed by atoms with Crippen LogP contribution in [-0.4, -0.2) is 24.9 Å². The summed E-state index contributed by atoms with van der Waals surface area (Å²) in [5.41, 5.74) is 5.14. The molecule has 2 heterocycles. The smallest absolute Gasteiger partial charge is 0.265 e. The lowest BCUT2D eigenvalue weighted by atomic mass is 9.90. The molecule has 0 unspecified atom stereocenters. The second kappa shape index (κ2) is 9.34. The van der Waals surface area contributed by atoms with Crippen LogP contribution in [0.1, 0.15) is 34.6 Å². The molecule has 0 N–H and O–H groups in total. The van der Waals surface area contributed by atoms with Crippen LogP contribution in [-0.2, 0) is 0 Å². The lowest BCUT2D eigenvalue weighted by Gasteiger charge is -2.27. The number of thiophene rings is 1. The van der Waals surface area contributed by atoms with Crippen LogP contribution >= 0.6 is 11.3 Å². The highest BCUT2D eigenvalue weighted by atomic mass is 32.1. The first kappa shape index (κ1) is 23.2. The summed E-state index contributed by atoms with van der Waals surface area (Å²) in [6.45, 7) is 6.31. The minimum absolute atomic E-state index is 0.286. The predicted molar refractivity (Wildman–Crippen MR) is 154 cm³/mol. The molecule has 5 heteroatoms. The minimum atomic E-state index is -0.286. The van der Waals surface area contributed by atoms with Crippen LogP contribution in [0.25, 0.3) is 31.7 Å². The molecule has 0 saturated carbocycles. The van der Waals surface area contributed by atoms with Gasteiger partial charge >= 0.3 is 0 Å². The zero-order chi connectivity index (χ0) is 25.5. The van der Waals surface area contributed by atoms with Crippen LogP contribution < -0.4 is 9.80 Å². The number of imide groups is 1. The average molecular weight is 503 g/mol. The third-order valence-corrected chi connectivity index (χ3v) is 8.24. The Kier molecular flexibility index (Phi) is 5.85. The molecular formula is C32H26N2O2S. The summed E-state index contributed by atoms with van der Waals surface area (Å²) in [6.07, 6.45) is 0. The van der Waals surface area contributed by atoms with E-state index in [1.165, 1.54) is 21.0 Å². The number of rotatable bonds is 6. The number of carbonyl (C=O) groups is 2. The Bertz CT molecular complexity index is 1610. The Morgan fingerprint density at radius 3 is 2.00 bits per heavy atom. The quantitative estimate of drug-likeness (QED) is 0.222. The number of nitrogens with zero attached hydrogens (tertiary/aromatic N) is 2. The fourth-order valence-electron chi connectivity index (χ4n) is 5.19. The molecule has 0 spiro atoms. The lowest BCUT2D eigenvalue weighted by Crippen LogP contribution is -2.40. The fraction of sp³-hybridized carbons (Fsp3) is 0.125. The Morgan fingerprint density at radius 1 is 0.649 bits per heavy atom. The third-order valence-electron chi connectivity index (χ3n) is 7.07. The highest BCUT2D eigenvalue weighted by molar-refractivity contribution is 7.18. The highest BCUT2D eigenvalue weighted by Gasteiger charge is 2.34. The van der Waals surface area contributed by atoms with E-state index < -0.39 is 0 Å². The summed E-state index contributed by atoms with van der Waals surface area (Å²) in [7, 11) is 0. The Labute approximate surface area is 220 Å². The maximum absolute atomic E-state index is 13.5. The number of hydrogen-bond acceptors (Lipinski definition) is 4. The number of carbonyl (C=O) groups excluding carboxylic acids is 2. The second-order valence-electron chi connectivity index (χ2n) is 9.05. The van der Waals surface area contributed by atoms with E-state index in [0.717, 1.165) is 34.3 Å². The molecule has 6 rings (SSSR count). The number of anilines is 2. The van der Waals surface area contributed by atoms with E-state index in [0.29, 0.717) is 16.8 Å². The standard InChI is InChI=1S/C32H26N2O2S/c1-3-33(4-2)22-15-13-21(14-16-22)28-19-20-29(37-28)24-17-18-27-30-25(24)11-8-12-26(30)31(35)34(32(27)36)23-9-6-5-7-10-23/h5-20H,3-4H2,1-2H3. The van der Waals surface area contributed by atoms with Gasteiger partial charge in [0.15, 0.2) is 0 Å². The minimum Gasteiger partial charge on any atom is -0.372 e. The Hall–Kier alpha value is -4.22. The third kappa shape index (κ3) is 3.83. The summed E-state index contributed by atoms with van der Waals surface area (Å²) >= 11 is 1.72. The van der Waals surface area contributed by atoms with Crippen molar-refractivity contribution in [3.05, 3.63) is 108 Å². The molecule has 4 nitrogen and oxygen atoms in total. The summed E-state index contributed by atoms with van der Waals surface area (Å²) in [6, 6.07) is 31.7. The fourth-order valence-corrected chi connectivity index (χ4v) is 6.24. The number of hydrogen-bond donors (Lipinski definition) is 0. The van der Waals surface area contributed by atoms with Crippen LogP contribution in [0.15, 0.2) is 97.1 Å². The van der Waals surface area contributed by atoms with E-state index in [1.54, 1.807) is 23.5 Å². The average Bonchev–Trinajstić information content (AvgIpc) is 3.43. The van der Waals surface area contributed by atoms with Gasteiger partial charge in [-0.15, -0.1) is 11.3 Å². The molecule has 0 saturated heterocycles. The molecule has 1 aliphatic rings. The Morgan fingerprint density at radius 2 is 1.30 bits per heavy atom. The molecule has 2 amide bonds. The van der Waals surface area contributed by atoms with E-state index >= 15 is 0 Å². The predicted octanol–water partition coefficient (Wildman–Crippen LogP) is 7.88. The van der Waals surface area contributed by atoms with Gasteiger partial charge < -0.3 is 4.90 Å². The molecule has 1 aliphatic heterocycles. The van der Waals surface area contributed by atoms with Crippen molar-refractivity contribution in [2.24, 2.45) is 0 Å². The van der Waals surface area contributed by atoms with E-state index in [4.69, 9.17) is 0 Å². The lowest BCUT2D eigenvalue weighted by molar-refractivity contribution is 0.0893. The van der Waals surface area contributed by atoms with Crippen LogP contribution in [0.4, 0.5) is 11.4 Å². The van der Waals surface area contributed by atoms with E-state index in [-0.39, 0.29) is 11.8 Å². The zero-order valence-electron chi connectivity index (χ0n) is 20.8. The van der Waals surface area contributed by atoms with Crippen molar-refractivity contribution in [3.63, 3.8) is 0 Å². The summed E-state index contributed by atoms with van der Waals surface area (Å²) < 4.78 is 0. The van der Waals surface area contributed by atoms with Gasteiger partial charge in [-0.05, 0) is 78.9 Å². The van der Waals surface area contributed by atoms with Gasteiger partial charge in [0.2, 0.25) is 0 Å². The van der Waals surface area contributed by atoms with Crippen molar-refractivity contribution >= 4 is 45.3 Å². The molecule has 0 aliphatic carbocycles. The van der Waals surface area contributed by atoms with Gasteiger partial charge in [-0.2, -0.15) is 0 Å². The van der Waals surface area contributed by atoms with Crippen molar-refractivity contribution in [2.45, 2.75) is 13.8 Å². The van der Waals surface area contributed by atoms with Gasteiger partial charge in [0.1, 0.15) is 0 Å². The second-order valence-corrected chi connectivity index (χ2v) is 10.1. The number of benzene rings is 4.